The number of carbonyl (C=O) groups is 2. The molecule has 0 aromatic carbocycles. The molecule has 1 aliphatic rings. The second-order valence-electron chi connectivity index (χ2n) is 7.83. The molecule has 0 heterocycles. The van der Waals surface area contributed by atoms with E-state index in [-0.39, 0.29) is 30.0 Å². The smallest absolute Gasteiger partial charge is 0.305 e. The molecular weight excluding hydrogens is 344 g/mol. The molecule has 0 spiro atoms. The third-order valence-electron chi connectivity index (χ3n) is 5.25. The van der Waals surface area contributed by atoms with Gasteiger partial charge in [-0.2, -0.15) is 0 Å². The van der Waals surface area contributed by atoms with Gasteiger partial charge in [-0.15, -0.1) is 0 Å². The highest BCUT2D eigenvalue weighted by Gasteiger charge is 2.39. The molecule has 0 aromatic heterocycles. The molecule has 5 heteroatoms. The highest BCUT2D eigenvalue weighted by molar-refractivity contribution is 5.84. The summed E-state index contributed by atoms with van der Waals surface area (Å²) >= 11 is 0. The lowest BCUT2D eigenvalue weighted by atomic mass is 9.89. The van der Waals surface area contributed by atoms with Gasteiger partial charge in [-0.1, -0.05) is 44.1 Å². The van der Waals surface area contributed by atoms with Crippen LogP contribution in [0.1, 0.15) is 71.6 Å². The number of aliphatic hydroxyl groups excluding tert-OH is 1. The SMILES string of the molecule is CCCCC(C)(O)C/C=C/[C@H]1[C@H](O)CC(=O)[C@@H]1C/C=C\CCCC(=O)OC. The fourth-order valence-corrected chi connectivity index (χ4v) is 3.49. The lowest BCUT2D eigenvalue weighted by Gasteiger charge is -2.22. The first-order valence-corrected chi connectivity index (χ1v) is 10.1. The summed E-state index contributed by atoms with van der Waals surface area (Å²) in [6.07, 6.45) is 13.1. The van der Waals surface area contributed by atoms with Crippen LogP contribution in [-0.4, -0.2) is 40.8 Å². The van der Waals surface area contributed by atoms with Crippen LogP contribution in [0.3, 0.4) is 0 Å². The van der Waals surface area contributed by atoms with Crippen LogP contribution in [-0.2, 0) is 14.3 Å². The highest BCUT2D eigenvalue weighted by Crippen LogP contribution is 2.33. The van der Waals surface area contributed by atoms with E-state index in [2.05, 4.69) is 11.7 Å². The molecule has 27 heavy (non-hydrogen) atoms. The average molecular weight is 381 g/mol. The first-order valence-electron chi connectivity index (χ1n) is 10.1. The van der Waals surface area contributed by atoms with Crippen LogP contribution in [0, 0.1) is 11.8 Å². The molecular formula is C22H36O5. The fraction of sp³-hybridized carbons (Fsp3) is 0.727. The van der Waals surface area contributed by atoms with Gasteiger partial charge >= 0.3 is 5.97 Å². The van der Waals surface area contributed by atoms with E-state index in [1.807, 2.05) is 31.2 Å². The minimum absolute atomic E-state index is 0.0918. The number of methoxy groups -OCH3 is 1. The molecule has 0 aliphatic heterocycles. The highest BCUT2D eigenvalue weighted by atomic mass is 16.5. The van der Waals surface area contributed by atoms with Gasteiger partial charge in [0.2, 0.25) is 0 Å². The predicted octanol–water partition coefficient (Wildman–Crippen LogP) is 3.73. The molecule has 1 fully saturated rings. The second kappa shape index (κ2) is 12.1. The van der Waals surface area contributed by atoms with Gasteiger partial charge in [-0.05, 0) is 39.0 Å². The number of aliphatic hydroxyl groups is 2. The number of ether oxygens (including phenoxy) is 1. The van der Waals surface area contributed by atoms with Gasteiger partial charge in [-0.3, -0.25) is 9.59 Å². The van der Waals surface area contributed by atoms with Gasteiger partial charge in [0.15, 0.2) is 0 Å². The number of allylic oxidation sites excluding steroid dienone is 2. The van der Waals surface area contributed by atoms with Crippen LogP contribution in [0.4, 0.5) is 0 Å². The van der Waals surface area contributed by atoms with Crippen molar-refractivity contribution in [1.29, 1.82) is 0 Å². The second-order valence-corrected chi connectivity index (χ2v) is 7.83. The zero-order valence-electron chi connectivity index (χ0n) is 17.0. The maximum atomic E-state index is 12.2. The van der Waals surface area contributed by atoms with E-state index < -0.39 is 11.7 Å². The molecule has 0 bridgehead atoms. The Balaban J connectivity index is 2.51. The summed E-state index contributed by atoms with van der Waals surface area (Å²) < 4.78 is 4.60. The summed E-state index contributed by atoms with van der Waals surface area (Å²) in [5, 5.41) is 20.6. The normalized spacial score (nSPS) is 25.4. The maximum Gasteiger partial charge on any atom is 0.305 e. The summed E-state index contributed by atoms with van der Waals surface area (Å²) in [6.45, 7) is 3.93. The summed E-state index contributed by atoms with van der Waals surface area (Å²) in [4.78, 5) is 23.3. The van der Waals surface area contributed by atoms with Crippen LogP contribution in [0.25, 0.3) is 0 Å². The number of esters is 1. The molecule has 4 atom stereocenters. The molecule has 0 radical (unpaired) electrons. The number of carbonyl (C=O) groups excluding carboxylic acids is 2. The van der Waals surface area contributed by atoms with Crippen LogP contribution >= 0.6 is 0 Å². The Labute approximate surface area is 163 Å². The lowest BCUT2D eigenvalue weighted by molar-refractivity contribution is -0.140. The third kappa shape index (κ3) is 8.85. The Kier molecular flexibility index (Phi) is 10.6. The predicted molar refractivity (Wildman–Crippen MR) is 106 cm³/mol. The standard InChI is InChI=1S/C22H36O5/c1-4-5-14-22(2,26)15-10-12-18-17(19(23)16-20(18)24)11-8-6-7-9-13-21(25)27-3/h6,8,10,12,17-18,20,24,26H,4-5,7,9,11,13-16H2,1-3H3/b8-6-,12-10+/t17-,18-,20-,22?/m1/s1. The van der Waals surface area contributed by atoms with Crippen molar-refractivity contribution in [2.45, 2.75) is 83.3 Å². The Morgan fingerprint density at radius 1 is 1.30 bits per heavy atom. The number of hydrogen-bond donors (Lipinski definition) is 2. The maximum absolute atomic E-state index is 12.2. The lowest BCUT2D eigenvalue weighted by Crippen LogP contribution is -2.23. The number of hydrogen-bond acceptors (Lipinski definition) is 5. The summed E-state index contributed by atoms with van der Waals surface area (Å²) in [5.74, 6) is -0.528. The third-order valence-corrected chi connectivity index (χ3v) is 5.25. The number of Topliss-reactive ketones (excluding diaryl/α,β-unsaturated/α-hetero) is 1. The van der Waals surface area contributed by atoms with Gasteiger partial charge in [0.1, 0.15) is 5.78 Å². The Morgan fingerprint density at radius 3 is 2.70 bits per heavy atom. The topological polar surface area (TPSA) is 83.8 Å². The molecule has 1 unspecified atom stereocenters. The fourth-order valence-electron chi connectivity index (χ4n) is 3.49. The Morgan fingerprint density at radius 2 is 2.04 bits per heavy atom. The van der Waals surface area contributed by atoms with Crippen molar-refractivity contribution in [3.8, 4) is 0 Å². The number of rotatable bonds is 12. The van der Waals surface area contributed by atoms with Gasteiger partial charge in [0.05, 0.1) is 18.8 Å². The van der Waals surface area contributed by atoms with Crippen molar-refractivity contribution in [3.05, 3.63) is 24.3 Å². The van der Waals surface area contributed by atoms with Crippen molar-refractivity contribution in [1.82, 2.24) is 0 Å². The van der Waals surface area contributed by atoms with Crippen molar-refractivity contribution in [2.75, 3.05) is 7.11 Å². The van der Waals surface area contributed by atoms with E-state index in [1.54, 1.807) is 0 Å². The van der Waals surface area contributed by atoms with E-state index in [4.69, 9.17) is 0 Å². The first-order chi connectivity index (χ1) is 12.8. The molecule has 1 saturated carbocycles. The molecule has 1 rings (SSSR count). The van der Waals surface area contributed by atoms with Crippen LogP contribution in [0.15, 0.2) is 24.3 Å². The Bertz CT molecular complexity index is 521. The first kappa shape index (κ1) is 23.6. The summed E-state index contributed by atoms with van der Waals surface area (Å²) in [5.41, 5.74) is -0.741. The van der Waals surface area contributed by atoms with Crippen molar-refractivity contribution < 1.29 is 24.5 Å². The summed E-state index contributed by atoms with van der Waals surface area (Å²) in [7, 11) is 1.38. The van der Waals surface area contributed by atoms with Crippen molar-refractivity contribution in [3.63, 3.8) is 0 Å². The molecule has 0 saturated heterocycles. The number of ketones is 1. The zero-order valence-corrected chi connectivity index (χ0v) is 17.0. The van der Waals surface area contributed by atoms with E-state index in [1.165, 1.54) is 7.11 Å². The molecule has 0 aromatic rings. The molecule has 2 N–H and O–H groups in total. The summed E-state index contributed by atoms with van der Waals surface area (Å²) in [6, 6.07) is 0. The largest absolute Gasteiger partial charge is 0.469 e. The van der Waals surface area contributed by atoms with Crippen molar-refractivity contribution >= 4 is 11.8 Å². The van der Waals surface area contributed by atoms with Gasteiger partial charge in [0, 0.05) is 24.7 Å². The quantitative estimate of drug-likeness (QED) is 0.306. The van der Waals surface area contributed by atoms with Gasteiger partial charge in [-0.25, -0.2) is 0 Å². The van der Waals surface area contributed by atoms with Gasteiger partial charge < -0.3 is 14.9 Å². The minimum atomic E-state index is -0.741. The van der Waals surface area contributed by atoms with Crippen LogP contribution < -0.4 is 0 Å². The molecule has 1 aliphatic carbocycles. The number of unbranched alkanes of at least 4 members (excludes halogenated alkanes) is 2. The molecule has 154 valence electrons. The van der Waals surface area contributed by atoms with E-state index in [0.717, 1.165) is 32.1 Å². The van der Waals surface area contributed by atoms with Crippen LogP contribution in [0.5, 0.6) is 0 Å². The van der Waals surface area contributed by atoms with Crippen molar-refractivity contribution in [2.24, 2.45) is 11.8 Å². The van der Waals surface area contributed by atoms with E-state index in [9.17, 15) is 19.8 Å². The minimum Gasteiger partial charge on any atom is -0.469 e. The average Bonchev–Trinajstić information content (AvgIpc) is 2.89. The van der Waals surface area contributed by atoms with Gasteiger partial charge in [0.25, 0.3) is 0 Å². The van der Waals surface area contributed by atoms with E-state index in [0.29, 0.717) is 19.3 Å². The Hall–Kier alpha value is -1.46. The van der Waals surface area contributed by atoms with E-state index >= 15 is 0 Å². The molecule has 5 nitrogen and oxygen atoms in total. The molecule has 0 amide bonds. The monoisotopic (exact) mass is 380 g/mol. The zero-order chi connectivity index (χ0) is 20.3. The van der Waals surface area contributed by atoms with Crippen LogP contribution in [0.2, 0.25) is 0 Å².